The number of nitrogens with two attached hydrogens (primary N) is 1. The van der Waals surface area contributed by atoms with Crippen LogP contribution in [0.1, 0.15) is 6.92 Å². The highest BCUT2D eigenvalue weighted by Crippen LogP contribution is 2.26. The first-order chi connectivity index (χ1) is 10.5. The maximum absolute atomic E-state index is 6.07. The number of nitrogen functional groups attached to an aromatic ring is 1. The Morgan fingerprint density at radius 3 is 2.77 bits per heavy atom. The number of rotatable bonds is 4. The Morgan fingerprint density at radius 2 is 2.09 bits per heavy atom. The third-order valence-corrected chi connectivity index (χ3v) is 4.07. The van der Waals surface area contributed by atoms with Crippen LogP contribution in [0.3, 0.4) is 0 Å². The van der Waals surface area contributed by atoms with Gasteiger partial charge in [0.05, 0.1) is 24.6 Å². The van der Waals surface area contributed by atoms with Crippen LogP contribution in [-0.2, 0) is 6.54 Å². The van der Waals surface area contributed by atoms with E-state index in [4.69, 9.17) is 15.5 Å². The van der Waals surface area contributed by atoms with Crippen LogP contribution in [0.15, 0.2) is 24.3 Å². The van der Waals surface area contributed by atoms with Crippen LogP contribution in [0, 0.1) is 0 Å². The van der Waals surface area contributed by atoms with Crippen LogP contribution < -0.4 is 10.5 Å². The summed E-state index contributed by atoms with van der Waals surface area (Å²) >= 11 is 0. The van der Waals surface area contributed by atoms with E-state index in [0.29, 0.717) is 11.9 Å². The van der Waals surface area contributed by atoms with Crippen LogP contribution in [0.5, 0.6) is 5.75 Å². The van der Waals surface area contributed by atoms with Crippen molar-refractivity contribution in [2.24, 2.45) is 0 Å². The molecule has 0 aliphatic carbocycles. The average Bonchev–Trinajstić information content (AvgIpc) is 2.80. The maximum atomic E-state index is 6.07. The minimum absolute atomic E-state index is 0.338. The van der Waals surface area contributed by atoms with Crippen molar-refractivity contribution in [3.8, 4) is 5.75 Å². The molecule has 0 amide bonds. The predicted octanol–water partition coefficient (Wildman–Crippen LogP) is 2.13. The number of aromatic nitrogens is 3. The van der Waals surface area contributed by atoms with Gasteiger partial charge >= 0.3 is 0 Å². The number of hydrogen-bond donors (Lipinski definition) is 1. The van der Waals surface area contributed by atoms with Crippen LogP contribution in [0.2, 0.25) is 0 Å². The molecular formula is C16H21N5O. The van der Waals surface area contributed by atoms with E-state index in [1.54, 1.807) is 7.11 Å². The van der Waals surface area contributed by atoms with Gasteiger partial charge in [0.2, 0.25) is 0 Å². The zero-order chi connectivity index (χ0) is 15.9. The quantitative estimate of drug-likeness (QED) is 0.799. The van der Waals surface area contributed by atoms with E-state index in [-0.39, 0.29) is 0 Å². The fourth-order valence-corrected chi connectivity index (χ4v) is 2.42. The Morgan fingerprint density at radius 1 is 1.32 bits per heavy atom. The molecule has 0 spiro atoms. The first-order valence-corrected chi connectivity index (χ1v) is 7.27. The number of hydrogen-bond acceptors (Lipinski definition) is 5. The third-order valence-electron chi connectivity index (χ3n) is 4.07. The summed E-state index contributed by atoms with van der Waals surface area (Å²) in [6.07, 6.45) is 0. The molecule has 116 valence electrons. The third kappa shape index (κ3) is 2.46. The monoisotopic (exact) mass is 299 g/mol. The number of methoxy groups -OCH3 is 1. The van der Waals surface area contributed by atoms with E-state index in [2.05, 4.69) is 16.9 Å². The lowest BCUT2D eigenvalue weighted by Crippen LogP contribution is -2.29. The van der Waals surface area contributed by atoms with Gasteiger partial charge in [-0.15, -0.1) is 0 Å². The molecule has 0 saturated heterocycles. The summed E-state index contributed by atoms with van der Waals surface area (Å²) in [5, 5.41) is 6.37. The topological polar surface area (TPSA) is 69.2 Å². The maximum Gasteiger partial charge on any atom is 0.160 e. The highest BCUT2D eigenvalue weighted by Gasteiger charge is 2.14. The number of likely N-dealkylation sites (N-methyl/N-ethyl adjacent to an activating group) is 1. The minimum atomic E-state index is 0.338. The summed E-state index contributed by atoms with van der Waals surface area (Å²) in [7, 11) is 5.75. The van der Waals surface area contributed by atoms with Crippen molar-refractivity contribution >= 4 is 27.8 Å². The Hall–Kier alpha value is -2.34. The lowest BCUT2D eigenvalue weighted by Gasteiger charge is -2.19. The largest absolute Gasteiger partial charge is 0.497 e. The van der Waals surface area contributed by atoms with Gasteiger partial charge in [-0.25, -0.2) is 9.67 Å². The molecule has 2 aromatic heterocycles. The predicted molar refractivity (Wildman–Crippen MR) is 89.1 cm³/mol. The molecule has 0 aliphatic rings. The van der Waals surface area contributed by atoms with Crippen molar-refractivity contribution in [1.82, 2.24) is 19.7 Å². The zero-order valence-corrected chi connectivity index (χ0v) is 13.4. The van der Waals surface area contributed by atoms with E-state index >= 15 is 0 Å². The van der Waals surface area contributed by atoms with Crippen molar-refractivity contribution in [1.29, 1.82) is 0 Å². The highest BCUT2D eigenvalue weighted by atomic mass is 16.5. The summed E-state index contributed by atoms with van der Waals surface area (Å²) < 4.78 is 7.16. The van der Waals surface area contributed by atoms with Crippen molar-refractivity contribution < 1.29 is 4.74 Å². The van der Waals surface area contributed by atoms with Crippen LogP contribution >= 0.6 is 0 Å². The van der Waals surface area contributed by atoms with E-state index in [1.807, 2.05) is 43.0 Å². The summed E-state index contributed by atoms with van der Waals surface area (Å²) in [6.45, 7) is 2.89. The van der Waals surface area contributed by atoms with Gasteiger partial charge in [0, 0.05) is 17.5 Å². The molecule has 3 rings (SSSR count). The van der Waals surface area contributed by atoms with Gasteiger partial charge < -0.3 is 15.4 Å². The molecule has 0 radical (unpaired) electrons. The van der Waals surface area contributed by atoms with Gasteiger partial charge in [-0.1, -0.05) is 0 Å². The van der Waals surface area contributed by atoms with Gasteiger partial charge in [-0.3, -0.25) is 0 Å². The van der Waals surface area contributed by atoms with Crippen LogP contribution in [0.4, 0.5) is 5.82 Å². The van der Waals surface area contributed by atoms with Crippen molar-refractivity contribution in [2.75, 3.05) is 26.9 Å². The Labute approximate surface area is 129 Å². The molecule has 0 fully saturated rings. The lowest BCUT2D eigenvalue weighted by atomic mass is 10.2. The first kappa shape index (κ1) is 14.6. The van der Waals surface area contributed by atoms with Gasteiger partial charge in [0.25, 0.3) is 0 Å². The molecule has 2 N–H and O–H groups in total. The second kappa shape index (κ2) is 5.46. The van der Waals surface area contributed by atoms with Crippen molar-refractivity contribution in [3.63, 3.8) is 0 Å². The number of benzene rings is 1. The highest BCUT2D eigenvalue weighted by molar-refractivity contribution is 5.96. The second-order valence-electron chi connectivity index (χ2n) is 5.80. The molecule has 3 aromatic rings. The van der Waals surface area contributed by atoms with E-state index < -0.39 is 0 Å². The fraction of sp³-hybridized carbons (Fsp3) is 0.375. The summed E-state index contributed by atoms with van der Waals surface area (Å²) in [5.74, 6) is 1.31. The molecule has 1 aromatic carbocycles. The normalized spacial score (nSPS) is 13.1. The Balaban J connectivity index is 2.15. The van der Waals surface area contributed by atoms with Crippen molar-refractivity contribution in [2.45, 2.75) is 19.5 Å². The Bertz CT molecular complexity index is 824. The zero-order valence-electron chi connectivity index (χ0n) is 13.4. The van der Waals surface area contributed by atoms with E-state index in [0.717, 1.165) is 34.2 Å². The summed E-state index contributed by atoms with van der Waals surface area (Å²) in [4.78, 5) is 6.89. The summed E-state index contributed by atoms with van der Waals surface area (Å²) in [6, 6.07) is 8.21. The SMILES string of the molecule is COc1ccc2cc3c(N)nn(CC(C)N(C)C)c3nc2c1. The number of fused-ring (bicyclic) bond motifs is 2. The standard InChI is InChI=1S/C16H21N5O/c1-10(20(2)3)9-21-16-13(15(17)19-21)7-11-5-6-12(22-4)8-14(11)18-16/h5-8,10H,9H2,1-4H3,(H2,17,19). The average molecular weight is 299 g/mol. The van der Waals surface area contributed by atoms with Gasteiger partial charge in [-0.05, 0) is 39.2 Å². The molecule has 1 atom stereocenters. The second-order valence-corrected chi connectivity index (χ2v) is 5.80. The molecule has 0 saturated carbocycles. The molecule has 2 heterocycles. The number of anilines is 1. The molecule has 6 heteroatoms. The molecular weight excluding hydrogens is 278 g/mol. The fourth-order valence-electron chi connectivity index (χ4n) is 2.42. The number of nitrogens with zero attached hydrogens (tertiary/aromatic N) is 4. The van der Waals surface area contributed by atoms with E-state index in [9.17, 15) is 0 Å². The van der Waals surface area contributed by atoms with Crippen LogP contribution in [0.25, 0.3) is 21.9 Å². The van der Waals surface area contributed by atoms with Gasteiger partial charge in [-0.2, -0.15) is 5.10 Å². The molecule has 1 unspecified atom stereocenters. The minimum Gasteiger partial charge on any atom is -0.497 e. The lowest BCUT2D eigenvalue weighted by molar-refractivity contribution is 0.278. The molecule has 0 bridgehead atoms. The first-order valence-electron chi connectivity index (χ1n) is 7.27. The molecule has 22 heavy (non-hydrogen) atoms. The van der Waals surface area contributed by atoms with E-state index in [1.165, 1.54) is 0 Å². The smallest absolute Gasteiger partial charge is 0.160 e. The van der Waals surface area contributed by atoms with Gasteiger partial charge in [0.1, 0.15) is 5.75 Å². The van der Waals surface area contributed by atoms with Crippen LogP contribution in [-0.4, -0.2) is 46.9 Å². The van der Waals surface area contributed by atoms with Gasteiger partial charge in [0.15, 0.2) is 11.5 Å². The summed E-state index contributed by atoms with van der Waals surface area (Å²) in [5.41, 5.74) is 7.76. The number of pyridine rings is 1. The van der Waals surface area contributed by atoms with Crippen molar-refractivity contribution in [3.05, 3.63) is 24.3 Å². The number of ether oxygens (including phenoxy) is 1. The molecule has 6 nitrogen and oxygen atoms in total. The molecule has 0 aliphatic heterocycles. The Kier molecular flexibility index (Phi) is 3.62.